The van der Waals surface area contributed by atoms with Gasteiger partial charge in [0.15, 0.2) is 15.5 Å². The standard InChI is InChI=1S/C19H17N3O3S2/c1-2-25-14-10-11(8-9-13(14)23)16-20-17-15(18(24)21-16)27-19(26)22(17)12-6-4-3-5-7-12/h3-10,16,20,23H,2H2,1H3,(H,21,24)/t16-/m0/s1. The Hall–Kier alpha value is -2.84. The Bertz CT molecular complexity index is 1060. The van der Waals surface area contributed by atoms with Gasteiger partial charge in [-0.3, -0.25) is 9.36 Å². The van der Waals surface area contributed by atoms with Crippen molar-refractivity contribution in [1.29, 1.82) is 0 Å². The molecule has 27 heavy (non-hydrogen) atoms. The van der Waals surface area contributed by atoms with Gasteiger partial charge < -0.3 is 20.5 Å². The van der Waals surface area contributed by atoms with Crippen molar-refractivity contribution in [1.82, 2.24) is 9.88 Å². The van der Waals surface area contributed by atoms with Crippen molar-refractivity contribution in [3.63, 3.8) is 0 Å². The number of rotatable bonds is 4. The Balaban J connectivity index is 1.76. The highest BCUT2D eigenvalue weighted by molar-refractivity contribution is 7.73. The number of aromatic nitrogens is 1. The van der Waals surface area contributed by atoms with Crippen LogP contribution in [-0.2, 0) is 0 Å². The number of phenolic OH excluding ortho intramolecular Hbond substituents is 1. The van der Waals surface area contributed by atoms with Gasteiger partial charge in [-0.2, -0.15) is 0 Å². The Morgan fingerprint density at radius 1 is 1.22 bits per heavy atom. The number of anilines is 1. The summed E-state index contributed by atoms with van der Waals surface area (Å²) in [5, 5.41) is 16.2. The largest absolute Gasteiger partial charge is 0.504 e. The highest BCUT2D eigenvalue weighted by Gasteiger charge is 2.30. The van der Waals surface area contributed by atoms with Crippen molar-refractivity contribution in [2.45, 2.75) is 13.1 Å². The van der Waals surface area contributed by atoms with E-state index in [0.717, 1.165) is 11.3 Å². The van der Waals surface area contributed by atoms with Crippen LogP contribution in [0.4, 0.5) is 5.82 Å². The molecule has 0 fully saturated rings. The predicted molar refractivity (Wildman–Crippen MR) is 108 cm³/mol. The van der Waals surface area contributed by atoms with Crippen LogP contribution in [0.5, 0.6) is 11.5 Å². The topological polar surface area (TPSA) is 75.5 Å². The number of fused-ring (bicyclic) bond motifs is 1. The average Bonchev–Trinajstić information content (AvgIpc) is 3.01. The second-order valence-corrected chi connectivity index (χ2v) is 7.57. The summed E-state index contributed by atoms with van der Waals surface area (Å²) in [6.07, 6.45) is -0.469. The molecule has 2 aromatic carbocycles. The van der Waals surface area contributed by atoms with Gasteiger partial charge in [-0.15, -0.1) is 0 Å². The quantitative estimate of drug-likeness (QED) is 0.573. The molecule has 0 saturated heterocycles. The van der Waals surface area contributed by atoms with Crippen molar-refractivity contribution in [2.75, 3.05) is 11.9 Å². The maximum atomic E-state index is 12.7. The molecule has 3 N–H and O–H groups in total. The number of nitrogens with zero attached hydrogens (tertiary/aromatic N) is 1. The fourth-order valence-electron chi connectivity index (χ4n) is 2.99. The van der Waals surface area contributed by atoms with E-state index in [2.05, 4.69) is 10.6 Å². The van der Waals surface area contributed by atoms with Crippen LogP contribution in [0.15, 0.2) is 48.5 Å². The molecule has 1 aromatic heterocycles. The molecule has 0 bridgehead atoms. The molecule has 0 aliphatic carbocycles. The van der Waals surface area contributed by atoms with E-state index in [1.165, 1.54) is 11.3 Å². The first-order valence-corrected chi connectivity index (χ1v) is 9.65. The van der Waals surface area contributed by atoms with Crippen LogP contribution < -0.4 is 15.4 Å². The lowest BCUT2D eigenvalue weighted by Gasteiger charge is -2.27. The molecular formula is C19H17N3O3S2. The lowest BCUT2D eigenvalue weighted by molar-refractivity contribution is 0.0939. The molecule has 3 aromatic rings. The molecule has 8 heteroatoms. The van der Waals surface area contributed by atoms with Crippen LogP contribution in [-0.4, -0.2) is 22.2 Å². The van der Waals surface area contributed by atoms with Crippen molar-refractivity contribution in [3.05, 3.63) is 62.9 Å². The zero-order valence-electron chi connectivity index (χ0n) is 14.4. The van der Waals surface area contributed by atoms with Crippen molar-refractivity contribution >= 4 is 35.3 Å². The van der Waals surface area contributed by atoms with Crippen molar-refractivity contribution in [2.24, 2.45) is 0 Å². The fraction of sp³-hybridized carbons (Fsp3) is 0.158. The molecule has 1 atom stereocenters. The first-order valence-electron chi connectivity index (χ1n) is 8.43. The third-order valence-electron chi connectivity index (χ3n) is 4.20. The minimum atomic E-state index is -0.469. The molecule has 0 spiro atoms. The average molecular weight is 399 g/mol. The van der Waals surface area contributed by atoms with Crippen LogP contribution >= 0.6 is 23.6 Å². The lowest BCUT2D eigenvalue weighted by atomic mass is 10.1. The Morgan fingerprint density at radius 3 is 2.74 bits per heavy atom. The van der Waals surface area contributed by atoms with Gasteiger partial charge in [0.25, 0.3) is 5.91 Å². The highest BCUT2D eigenvalue weighted by Crippen LogP contribution is 2.36. The number of aromatic hydroxyl groups is 1. The van der Waals surface area contributed by atoms with Crippen LogP contribution in [0.25, 0.3) is 5.69 Å². The van der Waals surface area contributed by atoms with Crippen molar-refractivity contribution in [3.8, 4) is 17.2 Å². The lowest BCUT2D eigenvalue weighted by Crippen LogP contribution is -2.38. The predicted octanol–water partition coefficient (Wildman–Crippen LogP) is 4.23. The van der Waals surface area contributed by atoms with E-state index in [9.17, 15) is 9.90 Å². The minimum Gasteiger partial charge on any atom is -0.504 e. The summed E-state index contributed by atoms with van der Waals surface area (Å²) in [6.45, 7) is 2.28. The van der Waals surface area contributed by atoms with Crippen LogP contribution in [0.1, 0.15) is 28.3 Å². The van der Waals surface area contributed by atoms with E-state index in [0.29, 0.717) is 27.0 Å². The summed E-state index contributed by atoms with van der Waals surface area (Å²) in [4.78, 5) is 13.2. The smallest absolute Gasteiger partial charge is 0.267 e. The molecule has 6 nitrogen and oxygen atoms in total. The van der Waals surface area contributed by atoms with E-state index in [1.807, 2.05) is 41.8 Å². The van der Waals surface area contributed by atoms with Gasteiger partial charge in [-0.05, 0) is 49.0 Å². The van der Waals surface area contributed by atoms with Gasteiger partial charge >= 0.3 is 0 Å². The molecule has 0 radical (unpaired) electrons. The maximum absolute atomic E-state index is 12.7. The molecule has 0 saturated carbocycles. The normalized spacial score (nSPS) is 15.6. The van der Waals surface area contributed by atoms with Gasteiger partial charge in [-0.25, -0.2) is 0 Å². The number of benzene rings is 2. The van der Waals surface area contributed by atoms with E-state index < -0.39 is 6.17 Å². The minimum absolute atomic E-state index is 0.0613. The Labute approximate surface area is 165 Å². The van der Waals surface area contributed by atoms with Crippen LogP contribution in [0.2, 0.25) is 0 Å². The first kappa shape index (κ1) is 17.6. The zero-order chi connectivity index (χ0) is 19.0. The fourth-order valence-corrected chi connectivity index (χ4v) is 4.29. The molecule has 2 heterocycles. The van der Waals surface area contributed by atoms with Gasteiger partial charge in [0, 0.05) is 5.69 Å². The monoisotopic (exact) mass is 399 g/mol. The van der Waals surface area contributed by atoms with Gasteiger partial charge in [0.2, 0.25) is 0 Å². The highest BCUT2D eigenvalue weighted by atomic mass is 32.1. The number of thiazole rings is 1. The number of phenols is 1. The molecule has 1 amide bonds. The van der Waals surface area contributed by atoms with E-state index in [-0.39, 0.29) is 11.7 Å². The van der Waals surface area contributed by atoms with Crippen LogP contribution in [0.3, 0.4) is 0 Å². The summed E-state index contributed by atoms with van der Waals surface area (Å²) in [5.41, 5.74) is 1.66. The molecular weight excluding hydrogens is 382 g/mol. The summed E-state index contributed by atoms with van der Waals surface area (Å²) in [7, 11) is 0. The number of nitrogens with one attached hydrogen (secondary N) is 2. The van der Waals surface area contributed by atoms with Crippen molar-refractivity contribution < 1.29 is 14.6 Å². The SMILES string of the molecule is CCOc1cc([C@@H]2NC(=O)c3sc(=S)n(-c4ccccc4)c3N2)ccc1O. The van der Waals surface area contributed by atoms with Gasteiger partial charge in [-0.1, -0.05) is 35.6 Å². The van der Waals surface area contributed by atoms with Crippen LogP contribution in [0, 0.1) is 3.95 Å². The third-order valence-corrected chi connectivity index (χ3v) is 5.58. The Kier molecular flexibility index (Phi) is 4.59. The molecule has 4 rings (SSSR count). The zero-order valence-corrected chi connectivity index (χ0v) is 16.1. The third kappa shape index (κ3) is 3.17. The number of amides is 1. The molecule has 1 aliphatic rings. The summed E-state index contributed by atoms with van der Waals surface area (Å²) in [6, 6.07) is 14.7. The number of hydrogen-bond donors (Lipinski definition) is 3. The molecule has 1 aliphatic heterocycles. The summed E-state index contributed by atoms with van der Waals surface area (Å²) >= 11 is 6.76. The van der Waals surface area contributed by atoms with Gasteiger partial charge in [0.05, 0.1) is 6.61 Å². The number of para-hydroxylation sites is 1. The number of hydrogen-bond acceptors (Lipinski definition) is 6. The maximum Gasteiger partial charge on any atom is 0.267 e. The number of carbonyl (C=O) groups is 1. The Morgan fingerprint density at radius 2 is 2.00 bits per heavy atom. The number of ether oxygens (including phenoxy) is 1. The molecule has 138 valence electrons. The van der Waals surface area contributed by atoms with E-state index in [1.54, 1.807) is 18.2 Å². The van der Waals surface area contributed by atoms with E-state index >= 15 is 0 Å². The summed E-state index contributed by atoms with van der Waals surface area (Å²) < 4.78 is 7.91. The summed E-state index contributed by atoms with van der Waals surface area (Å²) in [5.74, 6) is 0.912. The second-order valence-electron chi connectivity index (χ2n) is 5.93. The van der Waals surface area contributed by atoms with Gasteiger partial charge in [0.1, 0.15) is 16.9 Å². The molecule has 0 unspecified atom stereocenters. The first-order chi connectivity index (χ1) is 13.1. The second kappa shape index (κ2) is 7.05. The number of carbonyl (C=O) groups excluding carboxylic acids is 1. The van der Waals surface area contributed by atoms with E-state index in [4.69, 9.17) is 17.0 Å².